The van der Waals surface area contributed by atoms with Crippen LogP contribution in [0.1, 0.15) is 70.9 Å². The molecule has 0 radical (unpaired) electrons. The maximum atomic E-state index is 17.1. The molecule has 0 unspecified atom stereocenters. The molecule has 3 aromatic rings. The molecular formula is C36H41ClF5N7O4. The van der Waals surface area contributed by atoms with Gasteiger partial charge in [-0.2, -0.15) is 23.1 Å². The van der Waals surface area contributed by atoms with Gasteiger partial charge < -0.3 is 24.8 Å². The summed E-state index contributed by atoms with van der Waals surface area (Å²) in [5, 5.41) is -0.493. The Hall–Kier alpha value is -3.92. The average Bonchev–Trinajstić information content (AvgIpc) is 3.66. The summed E-state index contributed by atoms with van der Waals surface area (Å²) in [4.78, 5) is 32.9. The molecule has 0 spiro atoms. The van der Waals surface area contributed by atoms with Crippen LogP contribution in [0.5, 0.6) is 11.9 Å². The third-order valence-electron chi connectivity index (χ3n) is 11.3. The van der Waals surface area contributed by atoms with Gasteiger partial charge in [-0.05, 0) is 78.5 Å². The van der Waals surface area contributed by atoms with Gasteiger partial charge in [0, 0.05) is 25.1 Å². The minimum absolute atomic E-state index is 0.0250. The van der Waals surface area contributed by atoms with Gasteiger partial charge in [0.15, 0.2) is 5.82 Å². The fourth-order valence-electron chi connectivity index (χ4n) is 9.30. The summed E-state index contributed by atoms with van der Waals surface area (Å²) in [7, 11) is 0. The van der Waals surface area contributed by atoms with Gasteiger partial charge in [-0.1, -0.05) is 11.6 Å². The fraction of sp³-hybridized carbons (Fsp3) is 0.611. The molecule has 1 amide bonds. The number of nitrogens with two attached hydrogens (primary N) is 1. The number of halogens is 6. The molecule has 6 atom stereocenters. The lowest BCUT2D eigenvalue weighted by Gasteiger charge is -2.48. The summed E-state index contributed by atoms with van der Waals surface area (Å²) in [6.07, 6.45) is -4.12. The van der Waals surface area contributed by atoms with Crippen molar-refractivity contribution in [2.75, 3.05) is 36.9 Å². The van der Waals surface area contributed by atoms with Crippen LogP contribution in [0.2, 0.25) is 5.02 Å². The van der Waals surface area contributed by atoms with Crippen LogP contribution in [0.25, 0.3) is 22.2 Å². The predicted octanol–water partition coefficient (Wildman–Crippen LogP) is 7.09. The first-order chi connectivity index (χ1) is 24.9. The van der Waals surface area contributed by atoms with Gasteiger partial charge in [0.2, 0.25) is 5.88 Å². The number of anilines is 2. The summed E-state index contributed by atoms with van der Waals surface area (Å²) in [6, 6.07) is -0.420. The lowest BCUT2D eigenvalue weighted by molar-refractivity contribution is -0.137. The van der Waals surface area contributed by atoms with Crippen LogP contribution < -0.4 is 20.1 Å². The molecule has 5 aliphatic rings. The molecule has 17 heteroatoms. The molecule has 7 heterocycles. The normalized spacial score (nSPS) is 28.2. The van der Waals surface area contributed by atoms with Crippen molar-refractivity contribution in [3.05, 3.63) is 28.0 Å². The Balaban J connectivity index is 1.31. The third kappa shape index (κ3) is 5.85. The molecule has 2 bridgehead atoms. The number of pyridine rings is 1. The van der Waals surface area contributed by atoms with Gasteiger partial charge in [-0.25, -0.2) is 18.6 Å². The van der Waals surface area contributed by atoms with Crippen molar-refractivity contribution in [3.63, 3.8) is 0 Å². The SMILES string of the molecule is Cc1cc(N)c(Cl)c(-c2nc3c4c(nc(OC[C@@]56CCCN5C[C@H](F)C6)nc4c2F)N2C[C@H]4CC[C@@H]([C@H]2[C@H](C)O3)N4C(=O)OC(C)(C)C)c1C(F)(F)F. The number of piperazine rings is 1. The minimum atomic E-state index is -4.96. The van der Waals surface area contributed by atoms with Crippen molar-refractivity contribution in [2.24, 2.45) is 0 Å². The van der Waals surface area contributed by atoms with E-state index in [9.17, 15) is 22.4 Å². The van der Waals surface area contributed by atoms with Crippen LogP contribution in [0, 0.1) is 12.7 Å². The first-order valence-corrected chi connectivity index (χ1v) is 18.3. The van der Waals surface area contributed by atoms with Crippen molar-refractivity contribution in [3.8, 4) is 23.1 Å². The summed E-state index contributed by atoms with van der Waals surface area (Å²) in [5.74, 6) is -1.21. The number of alkyl halides is 4. The summed E-state index contributed by atoms with van der Waals surface area (Å²) in [6.45, 7) is 9.62. The van der Waals surface area contributed by atoms with E-state index in [0.717, 1.165) is 12.5 Å². The number of benzene rings is 1. The van der Waals surface area contributed by atoms with E-state index < -0.39 is 75.4 Å². The van der Waals surface area contributed by atoms with E-state index in [2.05, 4.69) is 14.9 Å². The molecule has 0 aliphatic carbocycles. The Morgan fingerprint density at radius 2 is 1.92 bits per heavy atom. The van der Waals surface area contributed by atoms with Gasteiger partial charge in [-0.3, -0.25) is 9.80 Å². The monoisotopic (exact) mass is 765 g/mol. The van der Waals surface area contributed by atoms with Crippen LogP contribution in [-0.2, 0) is 10.9 Å². The molecule has 11 nitrogen and oxygen atoms in total. The van der Waals surface area contributed by atoms with Crippen molar-refractivity contribution in [1.29, 1.82) is 0 Å². The zero-order valence-electron chi connectivity index (χ0n) is 30.0. The van der Waals surface area contributed by atoms with Crippen LogP contribution in [0.3, 0.4) is 0 Å². The first kappa shape index (κ1) is 36.1. The number of ether oxygens (including phenoxy) is 3. The van der Waals surface area contributed by atoms with Crippen LogP contribution in [0.4, 0.5) is 38.3 Å². The average molecular weight is 766 g/mol. The summed E-state index contributed by atoms with van der Waals surface area (Å²) in [5.41, 5.74) is 1.15. The highest BCUT2D eigenvalue weighted by Crippen LogP contribution is 2.50. The van der Waals surface area contributed by atoms with E-state index in [-0.39, 0.29) is 72.0 Å². The second-order valence-corrected chi connectivity index (χ2v) is 16.4. The highest BCUT2D eigenvalue weighted by Gasteiger charge is 2.54. The molecule has 286 valence electrons. The van der Waals surface area contributed by atoms with Crippen LogP contribution >= 0.6 is 11.6 Å². The van der Waals surface area contributed by atoms with E-state index in [4.69, 9.17) is 36.5 Å². The number of rotatable bonds is 4. The quantitative estimate of drug-likeness (QED) is 0.218. The van der Waals surface area contributed by atoms with E-state index in [1.54, 1.807) is 32.6 Å². The number of fused-ring (bicyclic) bond motifs is 6. The highest BCUT2D eigenvalue weighted by molar-refractivity contribution is 6.36. The number of aryl methyl sites for hydroxylation is 1. The Bertz CT molecular complexity index is 2010. The van der Waals surface area contributed by atoms with Crippen molar-refractivity contribution in [2.45, 2.75) is 114 Å². The number of hydrogen-bond donors (Lipinski definition) is 1. The predicted molar refractivity (Wildman–Crippen MR) is 187 cm³/mol. The summed E-state index contributed by atoms with van der Waals surface area (Å²) < 4.78 is 94.3. The van der Waals surface area contributed by atoms with Gasteiger partial charge in [0.05, 0.1) is 39.9 Å². The number of carbonyl (C=O) groups excluding carboxylic acids is 1. The van der Waals surface area contributed by atoms with E-state index in [0.29, 0.717) is 25.8 Å². The number of nitrogen functional groups attached to an aromatic ring is 1. The molecule has 2 aromatic heterocycles. The molecule has 0 saturated carbocycles. The van der Waals surface area contributed by atoms with Gasteiger partial charge >= 0.3 is 18.3 Å². The lowest BCUT2D eigenvalue weighted by Crippen LogP contribution is -2.65. The first-order valence-electron chi connectivity index (χ1n) is 17.9. The standard InChI is InChI=1S/C36H41ClF5N7O4/c1-16-11-20(43)25(37)22(24(16)36(40,41)42)27-26(39)28-23-30(46-32(45-28)51-15-35-9-6-10-47(35)13-18(38)12-35)48-14-19-7-8-21(29(48)17(2)52-31(23)44-27)49(19)33(50)53-34(3,4)5/h11,17-19,21,29H,6-10,12-15,43H2,1-5H3/t17-,18+,19+,21-,29+,35-/m0/s1. The molecular weight excluding hydrogens is 725 g/mol. The third-order valence-corrected chi connectivity index (χ3v) is 11.7. The molecule has 8 rings (SSSR count). The molecule has 2 N–H and O–H groups in total. The maximum absolute atomic E-state index is 17.1. The Morgan fingerprint density at radius 1 is 1.17 bits per heavy atom. The lowest BCUT2D eigenvalue weighted by atomic mass is 9.95. The second kappa shape index (κ2) is 12.3. The molecule has 5 aliphatic heterocycles. The van der Waals surface area contributed by atoms with Crippen molar-refractivity contribution >= 4 is 40.1 Å². The van der Waals surface area contributed by atoms with E-state index in [1.165, 1.54) is 6.92 Å². The number of nitrogens with zero attached hydrogens (tertiary/aromatic N) is 6. The Labute approximate surface area is 307 Å². The minimum Gasteiger partial charge on any atom is -0.472 e. The molecule has 53 heavy (non-hydrogen) atoms. The smallest absolute Gasteiger partial charge is 0.417 e. The second-order valence-electron chi connectivity index (χ2n) is 16.0. The molecule has 4 saturated heterocycles. The number of carbonyl (C=O) groups is 1. The van der Waals surface area contributed by atoms with E-state index in [1.807, 2.05) is 4.90 Å². The topological polar surface area (TPSA) is 119 Å². The van der Waals surface area contributed by atoms with Crippen LogP contribution in [0.15, 0.2) is 6.07 Å². The highest BCUT2D eigenvalue weighted by atomic mass is 35.5. The Kier molecular flexibility index (Phi) is 8.37. The largest absolute Gasteiger partial charge is 0.472 e. The zero-order valence-corrected chi connectivity index (χ0v) is 30.7. The molecule has 1 aromatic carbocycles. The Morgan fingerprint density at radius 3 is 2.64 bits per heavy atom. The van der Waals surface area contributed by atoms with Crippen molar-refractivity contribution in [1.82, 2.24) is 24.8 Å². The number of aromatic nitrogens is 3. The molecule has 4 fully saturated rings. The van der Waals surface area contributed by atoms with E-state index >= 15 is 4.39 Å². The van der Waals surface area contributed by atoms with Crippen LogP contribution in [-0.4, -0.2) is 98.6 Å². The van der Waals surface area contributed by atoms with Crippen molar-refractivity contribution < 1.29 is 41.0 Å². The van der Waals surface area contributed by atoms with Gasteiger partial charge in [0.1, 0.15) is 46.9 Å². The number of amides is 1. The van der Waals surface area contributed by atoms with Gasteiger partial charge in [0.25, 0.3) is 0 Å². The number of hydrogen-bond acceptors (Lipinski definition) is 10. The zero-order chi connectivity index (χ0) is 37.9. The fourth-order valence-corrected chi connectivity index (χ4v) is 9.54. The summed E-state index contributed by atoms with van der Waals surface area (Å²) >= 11 is 6.46. The maximum Gasteiger partial charge on any atom is 0.417 e. The van der Waals surface area contributed by atoms with Gasteiger partial charge in [-0.15, -0.1) is 0 Å².